The number of nitrogens with zero attached hydrogens (tertiary/aromatic N) is 3. The first-order chi connectivity index (χ1) is 10.7. The third-order valence-electron chi connectivity index (χ3n) is 3.26. The summed E-state index contributed by atoms with van der Waals surface area (Å²) in [5.41, 5.74) is 0.216. The number of hydrogen-bond acceptors (Lipinski definition) is 6. The highest BCUT2D eigenvalue weighted by Gasteiger charge is 2.13. The van der Waals surface area contributed by atoms with Gasteiger partial charge in [-0.3, -0.25) is 0 Å². The maximum absolute atomic E-state index is 10.8. The molecule has 0 atom stereocenters. The molecule has 0 bridgehead atoms. The molecule has 0 amide bonds. The summed E-state index contributed by atoms with van der Waals surface area (Å²) in [4.78, 5) is 21.5. The molecule has 6 nitrogen and oxygen atoms in total. The minimum Gasteiger partial charge on any atom is -0.478 e. The number of ether oxygens (including phenoxy) is 1. The van der Waals surface area contributed by atoms with Crippen molar-refractivity contribution in [3.05, 3.63) is 42.1 Å². The molecule has 1 aromatic carbocycles. The molecule has 1 aromatic heterocycles. The van der Waals surface area contributed by atoms with Gasteiger partial charge in [-0.2, -0.15) is 16.7 Å². The smallest absolute Gasteiger partial charge is 0.335 e. The molecule has 22 heavy (non-hydrogen) atoms. The molecule has 114 valence electrons. The third kappa shape index (κ3) is 3.48. The Kier molecular flexibility index (Phi) is 4.43. The molecular formula is C15H15N3O3S. The first kappa shape index (κ1) is 14.6. The van der Waals surface area contributed by atoms with Gasteiger partial charge in [-0.15, -0.1) is 0 Å². The lowest BCUT2D eigenvalue weighted by Crippen LogP contribution is -2.33. The average Bonchev–Trinajstić information content (AvgIpc) is 2.56. The summed E-state index contributed by atoms with van der Waals surface area (Å²) >= 11 is 1.94. The van der Waals surface area contributed by atoms with Crippen molar-refractivity contribution in [3.8, 4) is 11.8 Å². The average molecular weight is 317 g/mol. The van der Waals surface area contributed by atoms with Crippen LogP contribution >= 0.6 is 11.8 Å². The first-order valence-electron chi connectivity index (χ1n) is 6.89. The fourth-order valence-corrected chi connectivity index (χ4v) is 3.02. The predicted molar refractivity (Wildman–Crippen MR) is 85.0 cm³/mol. The van der Waals surface area contributed by atoms with Crippen molar-refractivity contribution in [2.45, 2.75) is 0 Å². The van der Waals surface area contributed by atoms with Crippen LogP contribution in [0.5, 0.6) is 11.8 Å². The van der Waals surface area contributed by atoms with E-state index in [1.165, 1.54) is 12.1 Å². The second-order valence-corrected chi connectivity index (χ2v) is 5.95. The Morgan fingerprint density at radius 1 is 1.18 bits per heavy atom. The summed E-state index contributed by atoms with van der Waals surface area (Å²) in [6.45, 7) is 1.93. The van der Waals surface area contributed by atoms with E-state index in [2.05, 4.69) is 14.9 Å². The fourth-order valence-electron chi connectivity index (χ4n) is 2.12. The van der Waals surface area contributed by atoms with Crippen LogP contribution in [0, 0.1) is 0 Å². The van der Waals surface area contributed by atoms with Crippen LogP contribution in [0.2, 0.25) is 0 Å². The van der Waals surface area contributed by atoms with Crippen LogP contribution in [0.4, 0.5) is 5.82 Å². The Balaban J connectivity index is 1.73. The zero-order valence-electron chi connectivity index (χ0n) is 11.8. The van der Waals surface area contributed by atoms with E-state index in [1.807, 2.05) is 17.8 Å². The molecule has 0 radical (unpaired) electrons. The summed E-state index contributed by atoms with van der Waals surface area (Å²) in [6, 6.07) is 8.30. The molecule has 1 aliphatic rings. The minimum absolute atomic E-state index is 0.216. The maximum Gasteiger partial charge on any atom is 0.335 e. The molecule has 0 spiro atoms. The van der Waals surface area contributed by atoms with E-state index in [9.17, 15) is 4.79 Å². The molecule has 1 saturated heterocycles. The van der Waals surface area contributed by atoms with Crippen LogP contribution in [0.25, 0.3) is 0 Å². The lowest BCUT2D eigenvalue weighted by Gasteiger charge is -2.27. The predicted octanol–water partition coefficient (Wildman–Crippen LogP) is 2.52. The fraction of sp³-hybridized carbons (Fsp3) is 0.267. The zero-order chi connectivity index (χ0) is 15.4. The number of benzene rings is 1. The van der Waals surface area contributed by atoms with E-state index in [4.69, 9.17) is 9.84 Å². The topological polar surface area (TPSA) is 75.6 Å². The second kappa shape index (κ2) is 6.65. The Hall–Kier alpha value is -2.28. The van der Waals surface area contributed by atoms with Gasteiger partial charge in [0.05, 0.1) is 5.56 Å². The van der Waals surface area contributed by atoms with E-state index in [-0.39, 0.29) is 11.6 Å². The molecule has 2 heterocycles. The van der Waals surface area contributed by atoms with E-state index in [1.54, 1.807) is 18.3 Å². The van der Waals surface area contributed by atoms with Gasteiger partial charge in [0.25, 0.3) is 0 Å². The van der Waals surface area contributed by atoms with Gasteiger partial charge in [0.2, 0.25) is 0 Å². The van der Waals surface area contributed by atoms with Crippen LogP contribution in [0.15, 0.2) is 36.5 Å². The van der Waals surface area contributed by atoms with Crippen molar-refractivity contribution in [1.82, 2.24) is 9.97 Å². The molecular weight excluding hydrogens is 302 g/mol. The van der Waals surface area contributed by atoms with Crippen molar-refractivity contribution >= 4 is 23.5 Å². The Morgan fingerprint density at radius 2 is 1.91 bits per heavy atom. The highest BCUT2D eigenvalue weighted by molar-refractivity contribution is 7.99. The van der Waals surface area contributed by atoms with Crippen LogP contribution in [0.3, 0.4) is 0 Å². The van der Waals surface area contributed by atoms with E-state index in [0.29, 0.717) is 5.75 Å². The number of rotatable bonds is 4. The molecule has 1 aliphatic heterocycles. The molecule has 3 rings (SSSR count). The summed E-state index contributed by atoms with van der Waals surface area (Å²) < 4.78 is 5.60. The molecule has 0 saturated carbocycles. The third-order valence-corrected chi connectivity index (χ3v) is 4.21. The second-order valence-electron chi connectivity index (χ2n) is 4.73. The number of carboxylic acid groups (broad SMARTS) is 1. The van der Waals surface area contributed by atoms with E-state index < -0.39 is 5.97 Å². The zero-order valence-corrected chi connectivity index (χ0v) is 12.6. The van der Waals surface area contributed by atoms with Crippen LogP contribution in [-0.4, -0.2) is 45.6 Å². The summed E-state index contributed by atoms with van der Waals surface area (Å²) in [7, 11) is 0. The van der Waals surface area contributed by atoms with Gasteiger partial charge in [0.1, 0.15) is 11.6 Å². The monoisotopic (exact) mass is 317 g/mol. The minimum atomic E-state index is -0.965. The standard InChI is InChI=1S/C15H15N3O3S/c19-14(20)11-1-3-12(4-2-11)21-15-16-6-5-13(17-15)18-7-9-22-10-8-18/h1-6H,7-10H2,(H,19,20). The van der Waals surface area contributed by atoms with Crippen molar-refractivity contribution in [2.24, 2.45) is 0 Å². The highest BCUT2D eigenvalue weighted by Crippen LogP contribution is 2.22. The van der Waals surface area contributed by atoms with Crippen LogP contribution < -0.4 is 9.64 Å². The number of carbonyl (C=O) groups is 1. The number of thioether (sulfide) groups is 1. The van der Waals surface area contributed by atoms with Crippen LogP contribution in [0.1, 0.15) is 10.4 Å². The van der Waals surface area contributed by atoms with Gasteiger partial charge in [-0.05, 0) is 30.3 Å². The summed E-state index contributed by atoms with van der Waals surface area (Å²) in [6.07, 6.45) is 1.67. The first-order valence-corrected chi connectivity index (χ1v) is 8.05. The van der Waals surface area contributed by atoms with Gasteiger partial charge in [0, 0.05) is 30.8 Å². The number of hydrogen-bond donors (Lipinski definition) is 1. The molecule has 0 aliphatic carbocycles. The Labute approximate surface area is 132 Å². The van der Waals surface area contributed by atoms with Gasteiger partial charge in [-0.1, -0.05) is 0 Å². The van der Waals surface area contributed by atoms with Crippen molar-refractivity contribution in [3.63, 3.8) is 0 Å². The Bertz CT molecular complexity index is 657. The Morgan fingerprint density at radius 3 is 2.59 bits per heavy atom. The molecule has 2 aromatic rings. The normalized spacial score (nSPS) is 14.6. The lowest BCUT2D eigenvalue weighted by molar-refractivity contribution is 0.0697. The molecule has 0 unspecified atom stereocenters. The van der Waals surface area contributed by atoms with Gasteiger partial charge in [0.15, 0.2) is 0 Å². The van der Waals surface area contributed by atoms with Gasteiger partial charge < -0.3 is 14.7 Å². The number of carboxylic acids is 1. The maximum atomic E-state index is 10.8. The lowest BCUT2D eigenvalue weighted by atomic mass is 10.2. The van der Waals surface area contributed by atoms with Crippen molar-refractivity contribution in [2.75, 3.05) is 29.5 Å². The SMILES string of the molecule is O=C(O)c1ccc(Oc2nccc(N3CCSCC3)n2)cc1. The van der Waals surface area contributed by atoms with Crippen molar-refractivity contribution < 1.29 is 14.6 Å². The molecule has 7 heteroatoms. The summed E-state index contributed by atoms with van der Waals surface area (Å²) in [5.74, 6) is 2.59. The van der Waals surface area contributed by atoms with Gasteiger partial charge >= 0.3 is 12.0 Å². The number of aromatic carboxylic acids is 1. The van der Waals surface area contributed by atoms with Crippen LogP contribution in [-0.2, 0) is 0 Å². The van der Waals surface area contributed by atoms with E-state index >= 15 is 0 Å². The molecule has 1 N–H and O–H groups in total. The number of anilines is 1. The molecule has 1 fully saturated rings. The number of aromatic nitrogens is 2. The van der Waals surface area contributed by atoms with E-state index in [0.717, 1.165) is 30.4 Å². The largest absolute Gasteiger partial charge is 0.478 e. The highest BCUT2D eigenvalue weighted by atomic mass is 32.2. The van der Waals surface area contributed by atoms with Gasteiger partial charge in [-0.25, -0.2) is 9.78 Å². The quantitative estimate of drug-likeness (QED) is 0.928. The summed E-state index contributed by atoms with van der Waals surface area (Å²) in [5, 5.41) is 8.87. The van der Waals surface area contributed by atoms with Crippen molar-refractivity contribution in [1.29, 1.82) is 0 Å².